The molecule has 0 amide bonds. The lowest BCUT2D eigenvalue weighted by molar-refractivity contribution is -0.137. The minimum atomic E-state index is -0.830. The molecule has 0 bridgehead atoms. The number of nitrogen functional groups attached to an aromatic ring is 1. The molecule has 7 nitrogen and oxygen atoms in total. The lowest BCUT2D eigenvalue weighted by Crippen LogP contribution is -2.43. The molecule has 0 saturated carbocycles. The molecule has 0 aromatic heterocycles. The first-order valence-electron chi connectivity index (χ1n) is 14.3. The van der Waals surface area contributed by atoms with Crippen molar-refractivity contribution in [1.82, 2.24) is 4.90 Å². The number of nitrogens with zero attached hydrogens (tertiary/aromatic N) is 3. The van der Waals surface area contributed by atoms with Gasteiger partial charge in [-0.25, -0.2) is 0 Å². The number of piperidine rings is 1. The van der Waals surface area contributed by atoms with E-state index in [4.69, 9.17) is 27.4 Å². The van der Waals surface area contributed by atoms with Crippen molar-refractivity contribution < 1.29 is 15.0 Å². The van der Waals surface area contributed by atoms with Gasteiger partial charge in [0.15, 0.2) is 0 Å². The first kappa shape index (κ1) is 30.5. The van der Waals surface area contributed by atoms with Crippen molar-refractivity contribution in [1.29, 1.82) is 5.26 Å². The van der Waals surface area contributed by atoms with E-state index in [2.05, 4.69) is 19.1 Å². The van der Waals surface area contributed by atoms with Gasteiger partial charge in [0.25, 0.3) is 0 Å². The van der Waals surface area contributed by atoms with Crippen molar-refractivity contribution in [2.24, 2.45) is 16.8 Å². The van der Waals surface area contributed by atoms with Gasteiger partial charge in [0.1, 0.15) is 6.23 Å². The number of aliphatic imine (C=N–C) groups is 1. The molecule has 2 aromatic rings. The number of rotatable bonds is 11. The van der Waals surface area contributed by atoms with E-state index in [1.54, 1.807) is 6.07 Å². The number of aliphatic hydroxyl groups is 1. The van der Waals surface area contributed by atoms with Crippen molar-refractivity contribution >= 4 is 34.7 Å². The standard InChI is InChI=1S/C33H39ClN4O3/c1-23(7-5-6-10-30(39)40)31(24-11-14-27(34)15-12-24)37-29-16-13-25(21-28(29)36)32(41)38-19-17-33(22-35,18-20-38)26-8-3-2-4-9-26/h2-4,8-9,11,13-16,21,23-24,32,41H,5-7,10,12,17-20,36H2,1H3,(H,39,40)/b37-31+. The number of anilines is 1. The molecule has 4 N–H and O–H groups in total. The summed E-state index contributed by atoms with van der Waals surface area (Å²) in [6.07, 6.45) is 9.56. The maximum atomic E-state index is 11.2. The summed E-state index contributed by atoms with van der Waals surface area (Å²) in [5, 5.41) is 30.9. The summed E-state index contributed by atoms with van der Waals surface area (Å²) in [5.41, 5.74) is 9.79. The Kier molecular flexibility index (Phi) is 10.4. The van der Waals surface area contributed by atoms with Crippen molar-refractivity contribution in [3.05, 3.63) is 82.9 Å². The smallest absolute Gasteiger partial charge is 0.303 e. The van der Waals surface area contributed by atoms with Crippen LogP contribution in [0, 0.1) is 23.2 Å². The van der Waals surface area contributed by atoms with E-state index < -0.39 is 17.6 Å². The Morgan fingerprint density at radius 1 is 1.22 bits per heavy atom. The number of carboxylic acid groups (broad SMARTS) is 1. The van der Waals surface area contributed by atoms with Gasteiger partial charge in [-0.15, -0.1) is 0 Å². The molecule has 41 heavy (non-hydrogen) atoms. The first-order chi connectivity index (χ1) is 19.7. The quantitative estimate of drug-likeness (QED) is 0.153. The third-order valence-electron chi connectivity index (χ3n) is 8.35. The second kappa shape index (κ2) is 14.0. The number of nitriles is 1. The highest BCUT2D eigenvalue weighted by molar-refractivity contribution is 6.31. The molecule has 1 aliphatic carbocycles. The molecule has 4 rings (SSSR count). The Hall–Kier alpha value is -3.44. The van der Waals surface area contributed by atoms with E-state index in [9.17, 15) is 15.2 Å². The predicted molar refractivity (Wildman–Crippen MR) is 164 cm³/mol. The van der Waals surface area contributed by atoms with Gasteiger partial charge in [-0.05, 0) is 67.4 Å². The van der Waals surface area contributed by atoms with E-state index in [0.717, 1.165) is 30.5 Å². The number of hydrogen-bond donors (Lipinski definition) is 3. The number of unbranched alkanes of at least 4 members (excludes halogenated alkanes) is 1. The van der Waals surface area contributed by atoms with Crippen molar-refractivity contribution in [3.8, 4) is 6.07 Å². The maximum absolute atomic E-state index is 11.2. The van der Waals surface area contributed by atoms with Gasteiger partial charge in [-0.3, -0.25) is 14.7 Å². The summed E-state index contributed by atoms with van der Waals surface area (Å²) < 4.78 is 0. The average Bonchev–Trinajstić information content (AvgIpc) is 2.99. The largest absolute Gasteiger partial charge is 0.481 e. The number of likely N-dealkylation sites (tertiary alicyclic amines) is 1. The first-order valence-corrected chi connectivity index (χ1v) is 14.7. The lowest BCUT2D eigenvalue weighted by atomic mass is 9.74. The molecule has 1 aliphatic heterocycles. The summed E-state index contributed by atoms with van der Waals surface area (Å²) in [4.78, 5) is 17.9. The van der Waals surface area contributed by atoms with E-state index in [0.29, 0.717) is 54.3 Å². The summed E-state index contributed by atoms with van der Waals surface area (Å²) in [7, 11) is 0. The molecule has 0 spiro atoms. The highest BCUT2D eigenvalue weighted by Crippen LogP contribution is 2.38. The van der Waals surface area contributed by atoms with Gasteiger partial charge in [-0.2, -0.15) is 5.26 Å². The average molecular weight is 575 g/mol. The zero-order chi connectivity index (χ0) is 29.4. The van der Waals surface area contributed by atoms with Gasteiger partial charge >= 0.3 is 5.97 Å². The van der Waals surface area contributed by atoms with Gasteiger partial charge in [0.2, 0.25) is 0 Å². The normalized spacial score (nSPS) is 20.6. The summed E-state index contributed by atoms with van der Waals surface area (Å²) >= 11 is 6.17. The second-order valence-corrected chi connectivity index (χ2v) is 11.6. The summed E-state index contributed by atoms with van der Waals surface area (Å²) in [6, 6.07) is 17.9. The molecule has 3 unspecified atom stereocenters. The Morgan fingerprint density at radius 3 is 2.56 bits per heavy atom. The molecule has 1 fully saturated rings. The number of carbonyl (C=O) groups is 1. The van der Waals surface area contributed by atoms with E-state index in [1.165, 1.54) is 0 Å². The Bertz CT molecular complexity index is 1340. The molecule has 0 radical (unpaired) electrons. The van der Waals surface area contributed by atoms with E-state index >= 15 is 0 Å². The van der Waals surface area contributed by atoms with Crippen LogP contribution in [0.1, 0.15) is 69.2 Å². The van der Waals surface area contributed by atoms with Crippen molar-refractivity contribution in [2.45, 2.75) is 63.5 Å². The zero-order valence-electron chi connectivity index (χ0n) is 23.5. The Morgan fingerprint density at radius 2 is 1.95 bits per heavy atom. The van der Waals surface area contributed by atoms with Gasteiger partial charge in [0.05, 0.1) is 22.9 Å². The number of benzene rings is 2. The molecule has 8 heteroatoms. The van der Waals surface area contributed by atoms with Crippen LogP contribution in [0.4, 0.5) is 11.4 Å². The van der Waals surface area contributed by atoms with Crippen LogP contribution in [0.5, 0.6) is 0 Å². The highest BCUT2D eigenvalue weighted by atomic mass is 35.5. The fourth-order valence-electron chi connectivity index (χ4n) is 5.80. The Labute approximate surface area is 247 Å². The van der Waals surface area contributed by atoms with Crippen LogP contribution in [0.25, 0.3) is 0 Å². The number of allylic oxidation sites excluding steroid dienone is 4. The van der Waals surface area contributed by atoms with Crippen LogP contribution in [0.2, 0.25) is 0 Å². The Balaban J connectivity index is 1.48. The number of hydrogen-bond acceptors (Lipinski definition) is 6. The van der Waals surface area contributed by atoms with Crippen LogP contribution in [-0.2, 0) is 10.2 Å². The third-order valence-corrected chi connectivity index (χ3v) is 8.63. The minimum Gasteiger partial charge on any atom is -0.481 e. The zero-order valence-corrected chi connectivity index (χ0v) is 24.3. The van der Waals surface area contributed by atoms with Crippen molar-refractivity contribution in [2.75, 3.05) is 18.8 Å². The number of carboxylic acids is 1. The molecule has 1 saturated heterocycles. The van der Waals surface area contributed by atoms with Crippen LogP contribution >= 0.6 is 11.6 Å². The van der Waals surface area contributed by atoms with Gasteiger partial charge in [-0.1, -0.05) is 73.5 Å². The lowest BCUT2D eigenvalue weighted by Gasteiger charge is -2.39. The van der Waals surface area contributed by atoms with Crippen LogP contribution < -0.4 is 5.73 Å². The van der Waals surface area contributed by atoms with Crippen LogP contribution in [0.15, 0.2) is 76.8 Å². The summed E-state index contributed by atoms with van der Waals surface area (Å²) in [5.74, 6) is -0.566. The van der Waals surface area contributed by atoms with E-state index in [1.807, 2.05) is 59.5 Å². The van der Waals surface area contributed by atoms with Gasteiger partial charge in [0, 0.05) is 36.2 Å². The minimum absolute atomic E-state index is 0.0787. The monoisotopic (exact) mass is 574 g/mol. The molecular formula is C33H39ClN4O3. The predicted octanol–water partition coefficient (Wildman–Crippen LogP) is 6.87. The molecule has 2 aliphatic rings. The highest BCUT2D eigenvalue weighted by Gasteiger charge is 2.38. The van der Waals surface area contributed by atoms with Crippen LogP contribution in [0.3, 0.4) is 0 Å². The maximum Gasteiger partial charge on any atom is 0.303 e. The van der Waals surface area contributed by atoms with E-state index in [-0.39, 0.29) is 18.3 Å². The fourth-order valence-corrected chi connectivity index (χ4v) is 5.97. The molecule has 1 heterocycles. The molecule has 2 aromatic carbocycles. The summed E-state index contributed by atoms with van der Waals surface area (Å²) in [6.45, 7) is 3.31. The topological polar surface area (TPSA) is 123 Å². The molecule has 3 atom stereocenters. The molecular weight excluding hydrogens is 536 g/mol. The number of aliphatic hydroxyl groups excluding tert-OH is 1. The van der Waals surface area contributed by atoms with Crippen LogP contribution in [-0.4, -0.2) is 39.9 Å². The molecule has 216 valence electrons. The number of halogens is 1. The van der Waals surface area contributed by atoms with Gasteiger partial charge < -0.3 is 15.9 Å². The third kappa shape index (κ3) is 7.65. The second-order valence-electron chi connectivity index (χ2n) is 11.2. The fraction of sp³-hybridized carbons (Fsp3) is 0.424. The SMILES string of the molecule is CC(CCCCC(=O)O)/C(=N\c1ccc(C(O)N2CCC(C#N)(c3ccccc3)CC2)cc1N)C1C=CC(Cl)=CC1. The van der Waals surface area contributed by atoms with Crippen molar-refractivity contribution in [3.63, 3.8) is 0 Å². The number of nitrogens with two attached hydrogens (primary N) is 1. The number of aliphatic carboxylic acids is 1.